The Hall–Kier alpha value is -1.77. The van der Waals surface area contributed by atoms with Crippen LogP contribution in [0.15, 0.2) is 30.6 Å². The number of nitrogens with one attached hydrogen (secondary N) is 1. The van der Waals surface area contributed by atoms with Crippen LogP contribution >= 0.6 is 0 Å². The third kappa shape index (κ3) is 2.37. The van der Waals surface area contributed by atoms with Crippen LogP contribution in [0.2, 0.25) is 0 Å². The Balaban J connectivity index is 1.92. The summed E-state index contributed by atoms with van der Waals surface area (Å²) in [5, 5.41) is 3.59. The van der Waals surface area contributed by atoms with Gasteiger partial charge in [-0.25, -0.2) is 4.98 Å². The van der Waals surface area contributed by atoms with Gasteiger partial charge in [0.15, 0.2) is 0 Å². The third-order valence-electron chi connectivity index (χ3n) is 4.16. The number of anilines is 1. The van der Waals surface area contributed by atoms with Crippen molar-refractivity contribution in [2.45, 2.75) is 45.6 Å². The van der Waals surface area contributed by atoms with E-state index in [4.69, 9.17) is 0 Å². The summed E-state index contributed by atoms with van der Waals surface area (Å²) in [6.45, 7) is 4.32. The average Bonchev–Trinajstić information content (AvgIpc) is 3.05. The molecule has 0 atom stereocenters. The fourth-order valence-electron chi connectivity index (χ4n) is 2.85. The van der Waals surface area contributed by atoms with Crippen LogP contribution in [0.4, 0.5) is 5.95 Å². The molecule has 3 heteroatoms. The molecule has 1 aliphatic rings. The molecule has 0 saturated heterocycles. The summed E-state index contributed by atoms with van der Waals surface area (Å²) in [5.41, 5.74) is 3.85. The van der Waals surface area contributed by atoms with E-state index in [1.165, 1.54) is 42.5 Å². The summed E-state index contributed by atoms with van der Waals surface area (Å²) >= 11 is 0. The van der Waals surface area contributed by atoms with Crippen molar-refractivity contribution < 1.29 is 0 Å². The maximum Gasteiger partial charge on any atom is 0.207 e. The van der Waals surface area contributed by atoms with Gasteiger partial charge in [0.05, 0.1) is 5.69 Å². The molecule has 1 aliphatic carbocycles. The number of benzene rings is 1. The third-order valence-corrected chi connectivity index (χ3v) is 4.16. The van der Waals surface area contributed by atoms with Gasteiger partial charge >= 0.3 is 0 Å². The molecule has 1 heterocycles. The van der Waals surface area contributed by atoms with Gasteiger partial charge in [-0.2, -0.15) is 0 Å². The first-order chi connectivity index (χ1) is 9.25. The Bertz CT molecular complexity index is 565. The van der Waals surface area contributed by atoms with Gasteiger partial charge in [0.25, 0.3) is 0 Å². The fraction of sp³-hybridized carbons (Fsp3) is 0.438. The molecule has 3 nitrogen and oxygen atoms in total. The summed E-state index contributed by atoms with van der Waals surface area (Å²) < 4.78 is 2.17. The van der Waals surface area contributed by atoms with Crippen molar-refractivity contribution in [3.8, 4) is 5.69 Å². The zero-order chi connectivity index (χ0) is 13.2. The molecule has 100 valence electrons. The van der Waals surface area contributed by atoms with E-state index in [-0.39, 0.29) is 0 Å². The highest BCUT2D eigenvalue weighted by Crippen LogP contribution is 2.25. The molecule has 2 aromatic rings. The lowest BCUT2D eigenvalue weighted by molar-refractivity contribution is 0.740. The molecule has 19 heavy (non-hydrogen) atoms. The molecule has 0 aliphatic heterocycles. The Labute approximate surface area is 114 Å². The lowest BCUT2D eigenvalue weighted by Gasteiger charge is -2.16. The van der Waals surface area contributed by atoms with Gasteiger partial charge in [-0.15, -0.1) is 0 Å². The van der Waals surface area contributed by atoms with Crippen LogP contribution in [0.5, 0.6) is 0 Å². The summed E-state index contributed by atoms with van der Waals surface area (Å²) in [4.78, 5) is 4.48. The van der Waals surface area contributed by atoms with Crippen molar-refractivity contribution in [2.75, 3.05) is 5.32 Å². The van der Waals surface area contributed by atoms with Crippen LogP contribution in [0, 0.1) is 13.8 Å². The molecule has 1 saturated carbocycles. The monoisotopic (exact) mass is 255 g/mol. The minimum absolute atomic E-state index is 0.589. The fourth-order valence-corrected chi connectivity index (χ4v) is 2.85. The lowest BCUT2D eigenvalue weighted by atomic mass is 10.1. The molecular formula is C16H21N3. The molecule has 0 unspecified atom stereocenters. The number of aromatic nitrogens is 2. The van der Waals surface area contributed by atoms with Crippen LogP contribution < -0.4 is 5.32 Å². The van der Waals surface area contributed by atoms with Gasteiger partial charge in [-0.05, 0) is 43.9 Å². The second kappa shape index (κ2) is 5.08. The van der Waals surface area contributed by atoms with E-state index in [0.717, 1.165) is 5.95 Å². The number of rotatable bonds is 3. The second-order valence-corrected chi connectivity index (χ2v) is 5.47. The van der Waals surface area contributed by atoms with Gasteiger partial charge in [0, 0.05) is 18.4 Å². The van der Waals surface area contributed by atoms with Crippen molar-refractivity contribution in [3.05, 3.63) is 41.7 Å². The van der Waals surface area contributed by atoms with E-state index in [2.05, 4.69) is 46.9 Å². The zero-order valence-electron chi connectivity index (χ0n) is 11.7. The van der Waals surface area contributed by atoms with Gasteiger partial charge in [0.2, 0.25) is 5.95 Å². The van der Waals surface area contributed by atoms with E-state index >= 15 is 0 Å². The summed E-state index contributed by atoms with van der Waals surface area (Å²) in [6.07, 6.45) is 9.11. The Kier molecular flexibility index (Phi) is 3.28. The largest absolute Gasteiger partial charge is 0.353 e. The van der Waals surface area contributed by atoms with Gasteiger partial charge in [-0.3, -0.25) is 4.57 Å². The first-order valence-corrected chi connectivity index (χ1v) is 7.12. The van der Waals surface area contributed by atoms with Crippen molar-refractivity contribution in [3.63, 3.8) is 0 Å². The Morgan fingerprint density at radius 2 is 2.00 bits per heavy atom. The topological polar surface area (TPSA) is 29.9 Å². The Morgan fingerprint density at radius 3 is 2.79 bits per heavy atom. The number of aryl methyl sites for hydroxylation is 1. The van der Waals surface area contributed by atoms with Crippen LogP contribution in [0.25, 0.3) is 5.69 Å². The van der Waals surface area contributed by atoms with E-state index < -0.39 is 0 Å². The standard InChI is InChI=1S/C16H21N3/c1-12-6-5-9-15(13(12)2)19-11-10-17-16(19)18-14-7-3-4-8-14/h5-6,9-11,14H,3-4,7-8H2,1-2H3,(H,17,18). The highest BCUT2D eigenvalue weighted by Gasteiger charge is 2.17. The van der Waals surface area contributed by atoms with Crippen LogP contribution in [-0.2, 0) is 0 Å². The van der Waals surface area contributed by atoms with Crippen molar-refractivity contribution in [1.82, 2.24) is 9.55 Å². The molecule has 1 aromatic carbocycles. The number of nitrogens with zero attached hydrogens (tertiary/aromatic N) is 2. The maximum atomic E-state index is 4.48. The number of hydrogen-bond donors (Lipinski definition) is 1. The van der Waals surface area contributed by atoms with E-state index in [9.17, 15) is 0 Å². The van der Waals surface area contributed by atoms with E-state index in [1.54, 1.807) is 0 Å². The maximum absolute atomic E-state index is 4.48. The molecule has 0 amide bonds. The molecule has 1 fully saturated rings. The first kappa shape index (κ1) is 12.3. The zero-order valence-corrected chi connectivity index (χ0v) is 11.7. The van der Waals surface area contributed by atoms with E-state index in [1.807, 2.05) is 12.4 Å². The molecule has 3 rings (SSSR count). The minimum atomic E-state index is 0.589. The smallest absolute Gasteiger partial charge is 0.207 e. The molecule has 0 spiro atoms. The van der Waals surface area contributed by atoms with Gasteiger partial charge < -0.3 is 5.32 Å². The highest BCUT2D eigenvalue weighted by molar-refractivity contribution is 5.49. The predicted molar refractivity (Wildman–Crippen MR) is 78.9 cm³/mol. The van der Waals surface area contributed by atoms with Gasteiger partial charge in [-0.1, -0.05) is 25.0 Å². The first-order valence-electron chi connectivity index (χ1n) is 7.12. The van der Waals surface area contributed by atoms with Crippen molar-refractivity contribution in [2.24, 2.45) is 0 Å². The van der Waals surface area contributed by atoms with Crippen LogP contribution in [-0.4, -0.2) is 15.6 Å². The van der Waals surface area contributed by atoms with Crippen LogP contribution in [0.1, 0.15) is 36.8 Å². The molecule has 1 N–H and O–H groups in total. The van der Waals surface area contributed by atoms with Gasteiger partial charge in [0.1, 0.15) is 0 Å². The SMILES string of the molecule is Cc1cccc(-n2ccnc2NC2CCCC2)c1C. The molecule has 1 aromatic heterocycles. The lowest BCUT2D eigenvalue weighted by Crippen LogP contribution is -2.18. The second-order valence-electron chi connectivity index (χ2n) is 5.47. The molecule has 0 bridgehead atoms. The van der Waals surface area contributed by atoms with Crippen molar-refractivity contribution in [1.29, 1.82) is 0 Å². The normalized spacial score (nSPS) is 15.9. The summed E-state index contributed by atoms with van der Waals surface area (Å²) in [6, 6.07) is 7.01. The minimum Gasteiger partial charge on any atom is -0.353 e. The summed E-state index contributed by atoms with van der Waals surface area (Å²) in [7, 11) is 0. The van der Waals surface area contributed by atoms with Crippen LogP contribution in [0.3, 0.4) is 0 Å². The molecular weight excluding hydrogens is 234 g/mol. The number of imidazole rings is 1. The summed E-state index contributed by atoms with van der Waals surface area (Å²) in [5.74, 6) is 0.973. The molecule has 0 radical (unpaired) electrons. The number of hydrogen-bond acceptors (Lipinski definition) is 2. The Morgan fingerprint density at radius 1 is 1.21 bits per heavy atom. The van der Waals surface area contributed by atoms with Crippen molar-refractivity contribution >= 4 is 5.95 Å². The average molecular weight is 255 g/mol. The predicted octanol–water partition coefficient (Wildman–Crippen LogP) is 3.84. The van der Waals surface area contributed by atoms with E-state index in [0.29, 0.717) is 6.04 Å². The highest BCUT2D eigenvalue weighted by atomic mass is 15.2. The quantitative estimate of drug-likeness (QED) is 0.903.